The van der Waals surface area contributed by atoms with Crippen LogP contribution in [-0.4, -0.2) is 34.2 Å². The minimum atomic E-state index is -4.01. The van der Waals surface area contributed by atoms with Crippen molar-refractivity contribution in [2.75, 3.05) is 18.0 Å². The largest absolute Gasteiger partial charge is 0.497 e. The Hall–Kier alpha value is -4.17. The van der Waals surface area contributed by atoms with Crippen LogP contribution in [0.2, 0.25) is 0 Å². The molecule has 1 aliphatic rings. The number of sulfonamides is 1. The third kappa shape index (κ3) is 4.93. The predicted molar refractivity (Wildman–Crippen MR) is 146 cm³/mol. The second-order valence-electron chi connectivity index (χ2n) is 8.97. The lowest BCUT2D eigenvalue weighted by Gasteiger charge is -2.24. The second-order valence-corrected chi connectivity index (χ2v) is 10.8. The van der Waals surface area contributed by atoms with Crippen molar-refractivity contribution in [1.29, 1.82) is 0 Å². The Labute approximate surface area is 216 Å². The topological polar surface area (TPSA) is 88.1 Å². The predicted octanol–water partition coefficient (Wildman–Crippen LogP) is 4.60. The molecule has 4 aromatic rings. The number of ether oxygens (including phenoxy) is 1. The lowest BCUT2D eigenvalue weighted by atomic mass is 10.0. The summed E-state index contributed by atoms with van der Waals surface area (Å²) in [4.78, 5) is 13.0. The molecule has 0 bridgehead atoms. The molecule has 8 heteroatoms. The van der Waals surface area contributed by atoms with Gasteiger partial charge >= 0.3 is 0 Å². The fourth-order valence-corrected chi connectivity index (χ4v) is 6.04. The third-order valence-corrected chi connectivity index (χ3v) is 8.35. The van der Waals surface area contributed by atoms with Crippen molar-refractivity contribution in [3.8, 4) is 5.75 Å². The van der Waals surface area contributed by atoms with E-state index in [4.69, 9.17) is 4.74 Å². The maximum atomic E-state index is 13.5. The number of hydrazone groups is 1. The van der Waals surface area contributed by atoms with Crippen molar-refractivity contribution in [3.63, 3.8) is 0 Å². The van der Waals surface area contributed by atoms with Gasteiger partial charge in [-0.1, -0.05) is 48.0 Å². The minimum absolute atomic E-state index is 0.0955. The maximum absolute atomic E-state index is 13.5. The number of rotatable bonds is 8. The summed E-state index contributed by atoms with van der Waals surface area (Å²) >= 11 is 0. The van der Waals surface area contributed by atoms with Crippen LogP contribution in [0.3, 0.4) is 0 Å². The summed E-state index contributed by atoms with van der Waals surface area (Å²) in [5.74, 6) is 0.0181. The fourth-order valence-electron chi connectivity index (χ4n) is 4.62. The van der Waals surface area contributed by atoms with Gasteiger partial charge in [-0.3, -0.25) is 9.10 Å². The average Bonchev–Trinajstić information content (AvgIpc) is 3.33. The van der Waals surface area contributed by atoms with Crippen LogP contribution in [0.4, 0.5) is 5.69 Å². The molecule has 188 valence electrons. The standard InChI is InChI=1S/C29H27N3O4S/c1-20-6-16-26(17-7-20)37(34,35)32(24-12-14-25(36-2)15-13-24)19-28(33)31-30-18-23-11-10-22-9-8-21-4-3-5-27(23)29(21)22/h3-7,10-18H,8-9,19H2,1-2H3,(H,31,33)/b30-18-. The molecule has 0 fully saturated rings. The van der Waals surface area contributed by atoms with Gasteiger partial charge in [0.25, 0.3) is 15.9 Å². The molecule has 7 nitrogen and oxygen atoms in total. The number of hydrogen-bond acceptors (Lipinski definition) is 5. The zero-order valence-corrected chi connectivity index (χ0v) is 21.5. The van der Waals surface area contributed by atoms with Crippen LogP contribution >= 0.6 is 0 Å². The van der Waals surface area contributed by atoms with E-state index < -0.39 is 22.5 Å². The van der Waals surface area contributed by atoms with Gasteiger partial charge in [0.05, 0.1) is 23.9 Å². The Morgan fingerprint density at radius 1 is 0.973 bits per heavy atom. The van der Waals surface area contributed by atoms with Crippen LogP contribution in [0.1, 0.15) is 22.3 Å². The first-order valence-electron chi connectivity index (χ1n) is 12.0. The van der Waals surface area contributed by atoms with Crippen molar-refractivity contribution in [2.24, 2.45) is 5.10 Å². The highest BCUT2D eigenvalue weighted by Gasteiger charge is 2.27. The average molecular weight is 514 g/mol. The van der Waals surface area contributed by atoms with Gasteiger partial charge in [0.15, 0.2) is 0 Å². The summed E-state index contributed by atoms with van der Waals surface area (Å²) in [7, 11) is -2.48. The number of amides is 1. The first-order chi connectivity index (χ1) is 17.9. The van der Waals surface area contributed by atoms with Crippen LogP contribution in [0, 0.1) is 6.92 Å². The van der Waals surface area contributed by atoms with Gasteiger partial charge in [0.2, 0.25) is 0 Å². The molecule has 1 aliphatic carbocycles. The number of hydrogen-bond donors (Lipinski definition) is 1. The smallest absolute Gasteiger partial charge is 0.264 e. The first-order valence-corrected chi connectivity index (χ1v) is 13.4. The minimum Gasteiger partial charge on any atom is -0.497 e. The molecule has 1 amide bonds. The van der Waals surface area contributed by atoms with E-state index in [9.17, 15) is 13.2 Å². The van der Waals surface area contributed by atoms with Crippen LogP contribution in [0.25, 0.3) is 10.8 Å². The molecule has 4 aromatic carbocycles. The SMILES string of the molecule is COc1ccc(N(CC(=O)N/N=C\c2ccc3c4c(cccc24)CC3)S(=O)(=O)c2ccc(C)cc2)cc1. The Balaban J connectivity index is 1.39. The number of aryl methyl sites for hydroxylation is 3. The summed E-state index contributed by atoms with van der Waals surface area (Å²) < 4.78 is 33.3. The van der Waals surface area contributed by atoms with Gasteiger partial charge in [-0.25, -0.2) is 13.8 Å². The molecule has 0 spiro atoms. The van der Waals surface area contributed by atoms with Crippen molar-refractivity contribution in [2.45, 2.75) is 24.7 Å². The third-order valence-electron chi connectivity index (χ3n) is 6.56. The molecule has 0 saturated heterocycles. The number of anilines is 1. The van der Waals surface area contributed by atoms with Crippen molar-refractivity contribution < 1.29 is 17.9 Å². The van der Waals surface area contributed by atoms with E-state index in [1.54, 1.807) is 42.6 Å². The molecule has 0 atom stereocenters. The number of methoxy groups -OCH3 is 1. The quantitative estimate of drug-likeness (QED) is 0.276. The molecule has 37 heavy (non-hydrogen) atoms. The molecule has 0 heterocycles. The molecule has 5 rings (SSSR count). The summed E-state index contributed by atoms with van der Waals surface area (Å²) in [6.07, 6.45) is 3.66. The van der Waals surface area contributed by atoms with E-state index in [0.29, 0.717) is 11.4 Å². The first kappa shape index (κ1) is 24.5. The van der Waals surface area contributed by atoms with E-state index in [1.165, 1.54) is 35.8 Å². The Bertz CT molecular complexity index is 1590. The van der Waals surface area contributed by atoms with Gasteiger partial charge < -0.3 is 4.74 Å². The summed E-state index contributed by atoms with van der Waals surface area (Å²) in [5.41, 5.74) is 7.31. The van der Waals surface area contributed by atoms with Gasteiger partial charge in [-0.2, -0.15) is 5.10 Å². The van der Waals surface area contributed by atoms with E-state index in [2.05, 4.69) is 28.7 Å². The van der Waals surface area contributed by atoms with E-state index >= 15 is 0 Å². The number of carbonyl (C=O) groups is 1. The maximum Gasteiger partial charge on any atom is 0.264 e. The van der Waals surface area contributed by atoms with Crippen molar-refractivity contribution >= 4 is 38.6 Å². The summed E-state index contributed by atoms with van der Waals surface area (Å²) in [6.45, 7) is 1.44. The van der Waals surface area contributed by atoms with Gasteiger partial charge in [0.1, 0.15) is 12.3 Å². The highest BCUT2D eigenvalue weighted by atomic mass is 32.2. The lowest BCUT2D eigenvalue weighted by molar-refractivity contribution is -0.119. The molecule has 0 aliphatic heterocycles. The normalized spacial score (nSPS) is 12.7. The molecule has 0 unspecified atom stereocenters. The molecule has 0 radical (unpaired) electrons. The number of benzene rings is 4. The molecular formula is C29H27N3O4S. The van der Waals surface area contributed by atoms with Gasteiger partial charge in [-0.15, -0.1) is 0 Å². The molecule has 0 saturated carbocycles. The Morgan fingerprint density at radius 3 is 2.38 bits per heavy atom. The molecule has 0 aromatic heterocycles. The number of nitrogens with one attached hydrogen (secondary N) is 1. The zero-order chi connectivity index (χ0) is 26.0. The number of carbonyl (C=O) groups excluding carboxylic acids is 1. The van der Waals surface area contributed by atoms with Gasteiger partial charge in [0, 0.05) is 5.56 Å². The Morgan fingerprint density at radius 2 is 1.68 bits per heavy atom. The van der Waals surface area contributed by atoms with Crippen molar-refractivity contribution in [3.05, 3.63) is 101 Å². The van der Waals surface area contributed by atoms with E-state index in [1.807, 2.05) is 19.1 Å². The van der Waals surface area contributed by atoms with Crippen LogP contribution in [0.5, 0.6) is 5.75 Å². The zero-order valence-electron chi connectivity index (χ0n) is 20.6. The van der Waals surface area contributed by atoms with Gasteiger partial charge in [-0.05, 0) is 78.1 Å². The van der Waals surface area contributed by atoms with E-state index in [0.717, 1.165) is 33.7 Å². The van der Waals surface area contributed by atoms with Crippen LogP contribution in [0.15, 0.2) is 88.9 Å². The van der Waals surface area contributed by atoms with Crippen molar-refractivity contribution in [1.82, 2.24) is 5.43 Å². The summed E-state index contributed by atoms with van der Waals surface area (Å²) in [5, 5.41) is 6.49. The second kappa shape index (κ2) is 10.1. The molecular weight excluding hydrogens is 486 g/mol. The van der Waals surface area contributed by atoms with E-state index in [-0.39, 0.29) is 4.90 Å². The summed E-state index contributed by atoms with van der Waals surface area (Å²) in [6, 6.07) is 23.4. The number of nitrogens with zero attached hydrogens (tertiary/aromatic N) is 2. The van der Waals surface area contributed by atoms with Crippen LogP contribution < -0.4 is 14.5 Å². The Kier molecular flexibility index (Phi) is 6.67. The highest BCUT2D eigenvalue weighted by Crippen LogP contribution is 2.32. The van der Waals surface area contributed by atoms with Crippen LogP contribution in [-0.2, 0) is 27.7 Å². The highest BCUT2D eigenvalue weighted by molar-refractivity contribution is 7.92. The monoisotopic (exact) mass is 513 g/mol. The lowest BCUT2D eigenvalue weighted by Crippen LogP contribution is -2.39. The molecule has 1 N–H and O–H groups in total. The fraction of sp³-hybridized carbons (Fsp3) is 0.172.